The minimum absolute atomic E-state index is 0.00603. The van der Waals surface area contributed by atoms with Crippen LogP contribution in [-0.2, 0) is 0 Å². The Morgan fingerprint density at radius 2 is 2.15 bits per heavy atom. The van der Waals surface area contributed by atoms with Crippen LogP contribution in [0.15, 0.2) is 28.7 Å². The summed E-state index contributed by atoms with van der Waals surface area (Å²) in [5, 5.41) is 9.26. The molecular formula is C15H21BrN2O2. The first kappa shape index (κ1) is 15.5. The molecule has 0 spiro atoms. The van der Waals surface area contributed by atoms with Crippen molar-refractivity contribution in [2.75, 3.05) is 33.3 Å². The van der Waals surface area contributed by atoms with Crippen LogP contribution in [0.1, 0.15) is 23.2 Å². The summed E-state index contributed by atoms with van der Waals surface area (Å²) in [6.45, 7) is 2.41. The zero-order chi connectivity index (χ0) is 14.5. The van der Waals surface area contributed by atoms with E-state index in [9.17, 15) is 9.90 Å². The molecule has 1 aromatic rings. The number of carbonyl (C=O) groups excluding carboxylic acids is 1. The van der Waals surface area contributed by atoms with Crippen molar-refractivity contribution >= 4 is 21.8 Å². The molecule has 1 N–H and O–H groups in total. The Balaban J connectivity index is 2.13. The van der Waals surface area contributed by atoms with Crippen molar-refractivity contribution in [2.24, 2.45) is 0 Å². The van der Waals surface area contributed by atoms with Crippen molar-refractivity contribution in [1.29, 1.82) is 0 Å². The van der Waals surface area contributed by atoms with E-state index in [0.29, 0.717) is 12.1 Å². The van der Waals surface area contributed by atoms with Gasteiger partial charge < -0.3 is 14.9 Å². The molecule has 0 radical (unpaired) electrons. The van der Waals surface area contributed by atoms with Crippen LogP contribution in [0.25, 0.3) is 0 Å². The second kappa shape index (κ2) is 7.20. The van der Waals surface area contributed by atoms with Crippen molar-refractivity contribution in [2.45, 2.75) is 18.9 Å². The lowest BCUT2D eigenvalue weighted by molar-refractivity contribution is 0.0540. The quantitative estimate of drug-likeness (QED) is 0.911. The highest BCUT2D eigenvalue weighted by molar-refractivity contribution is 9.10. The maximum atomic E-state index is 12.6. The number of aliphatic hydroxyl groups excluding tert-OH is 1. The molecule has 1 aliphatic heterocycles. The number of benzene rings is 1. The van der Waals surface area contributed by atoms with Gasteiger partial charge in [0, 0.05) is 22.6 Å². The monoisotopic (exact) mass is 340 g/mol. The second-order valence-electron chi connectivity index (χ2n) is 5.27. The molecule has 1 heterocycles. The Labute approximate surface area is 128 Å². The van der Waals surface area contributed by atoms with Gasteiger partial charge >= 0.3 is 0 Å². The van der Waals surface area contributed by atoms with Crippen molar-refractivity contribution < 1.29 is 9.90 Å². The van der Waals surface area contributed by atoms with E-state index in [-0.39, 0.29) is 18.6 Å². The molecule has 0 bridgehead atoms. The molecule has 0 unspecified atom stereocenters. The zero-order valence-corrected chi connectivity index (χ0v) is 13.3. The average Bonchev–Trinajstić information content (AvgIpc) is 2.45. The van der Waals surface area contributed by atoms with Gasteiger partial charge in [0.2, 0.25) is 0 Å². The average molecular weight is 341 g/mol. The lowest BCUT2D eigenvalue weighted by Crippen LogP contribution is -2.47. The summed E-state index contributed by atoms with van der Waals surface area (Å²) in [4.78, 5) is 16.8. The van der Waals surface area contributed by atoms with Gasteiger partial charge in [-0.15, -0.1) is 0 Å². The molecular weight excluding hydrogens is 320 g/mol. The van der Waals surface area contributed by atoms with E-state index in [0.717, 1.165) is 30.4 Å². The number of amides is 1. The highest BCUT2D eigenvalue weighted by Gasteiger charge is 2.27. The van der Waals surface area contributed by atoms with E-state index in [1.165, 1.54) is 0 Å². The highest BCUT2D eigenvalue weighted by atomic mass is 79.9. The topological polar surface area (TPSA) is 43.8 Å². The van der Waals surface area contributed by atoms with Gasteiger partial charge in [-0.2, -0.15) is 0 Å². The van der Waals surface area contributed by atoms with Gasteiger partial charge in [-0.05, 0) is 51.2 Å². The van der Waals surface area contributed by atoms with Crippen LogP contribution in [-0.4, -0.2) is 60.1 Å². The van der Waals surface area contributed by atoms with Crippen molar-refractivity contribution in [3.8, 4) is 0 Å². The largest absolute Gasteiger partial charge is 0.395 e. The van der Waals surface area contributed by atoms with E-state index < -0.39 is 0 Å². The second-order valence-corrected chi connectivity index (χ2v) is 6.18. The molecule has 0 aliphatic carbocycles. The third-order valence-corrected chi connectivity index (χ3v) is 4.30. The van der Waals surface area contributed by atoms with E-state index >= 15 is 0 Å². The number of rotatable bonds is 4. The summed E-state index contributed by atoms with van der Waals surface area (Å²) < 4.78 is 0.899. The number of aliphatic hydroxyl groups is 1. The molecule has 0 aromatic heterocycles. The number of hydrogen-bond acceptors (Lipinski definition) is 3. The number of hydrogen-bond donors (Lipinski definition) is 1. The number of nitrogens with zero attached hydrogens (tertiary/aromatic N) is 2. The third-order valence-electron chi connectivity index (χ3n) is 3.80. The van der Waals surface area contributed by atoms with Gasteiger partial charge in [-0.25, -0.2) is 0 Å². The normalized spacial score (nSPS) is 17.1. The summed E-state index contributed by atoms with van der Waals surface area (Å²) in [6, 6.07) is 7.66. The summed E-state index contributed by atoms with van der Waals surface area (Å²) in [5.74, 6) is 0.00917. The van der Waals surface area contributed by atoms with Gasteiger partial charge in [0.1, 0.15) is 0 Å². The molecule has 1 fully saturated rings. The van der Waals surface area contributed by atoms with Crippen LogP contribution in [0.4, 0.5) is 0 Å². The molecule has 20 heavy (non-hydrogen) atoms. The molecule has 1 aliphatic rings. The Morgan fingerprint density at radius 3 is 2.75 bits per heavy atom. The lowest BCUT2D eigenvalue weighted by Gasteiger charge is -2.37. The molecule has 0 saturated carbocycles. The van der Waals surface area contributed by atoms with E-state index in [2.05, 4.69) is 27.9 Å². The number of halogens is 1. The zero-order valence-electron chi connectivity index (χ0n) is 11.8. The molecule has 110 valence electrons. The SMILES string of the molecule is CN1CCC(N(CCO)C(=O)c2cccc(Br)c2)CC1. The van der Waals surface area contributed by atoms with Crippen LogP contribution < -0.4 is 0 Å². The molecule has 1 amide bonds. The molecule has 0 atom stereocenters. The Kier molecular flexibility index (Phi) is 5.57. The Hall–Kier alpha value is -0.910. The Morgan fingerprint density at radius 1 is 1.45 bits per heavy atom. The third kappa shape index (κ3) is 3.81. The first-order valence-electron chi connectivity index (χ1n) is 6.97. The fraction of sp³-hybridized carbons (Fsp3) is 0.533. The summed E-state index contributed by atoms with van der Waals surface area (Å²) in [7, 11) is 2.10. The number of carbonyl (C=O) groups is 1. The first-order chi connectivity index (χ1) is 9.61. The molecule has 2 rings (SSSR count). The maximum Gasteiger partial charge on any atom is 0.254 e. The number of likely N-dealkylation sites (tertiary alicyclic amines) is 1. The Bertz CT molecular complexity index is 459. The standard InChI is InChI=1S/C15H21BrN2O2/c1-17-7-5-14(6-8-17)18(9-10-19)15(20)12-3-2-4-13(16)11-12/h2-4,11,14,19H,5-10H2,1H3. The molecule has 5 heteroatoms. The predicted molar refractivity (Wildman–Crippen MR) is 82.8 cm³/mol. The van der Waals surface area contributed by atoms with Gasteiger partial charge in [0.15, 0.2) is 0 Å². The van der Waals surface area contributed by atoms with Crippen molar-refractivity contribution in [3.63, 3.8) is 0 Å². The fourth-order valence-corrected chi connectivity index (χ4v) is 3.05. The summed E-state index contributed by atoms with van der Waals surface area (Å²) in [5.41, 5.74) is 0.673. The summed E-state index contributed by atoms with van der Waals surface area (Å²) >= 11 is 3.40. The van der Waals surface area contributed by atoms with Gasteiger partial charge in [0.05, 0.1) is 6.61 Å². The van der Waals surface area contributed by atoms with Gasteiger partial charge in [-0.1, -0.05) is 22.0 Å². The molecule has 1 saturated heterocycles. The molecule has 4 nitrogen and oxygen atoms in total. The fourth-order valence-electron chi connectivity index (χ4n) is 2.65. The minimum Gasteiger partial charge on any atom is -0.395 e. The lowest BCUT2D eigenvalue weighted by atomic mass is 10.0. The van der Waals surface area contributed by atoms with Gasteiger partial charge in [0.25, 0.3) is 5.91 Å². The smallest absolute Gasteiger partial charge is 0.254 e. The van der Waals surface area contributed by atoms with Crippen LogP contribution in [0.2, 0.25) is 0 Å². The minimum atomic E-state index is 0.00603. The van der Waals surface area contributed by atoms with Crippen LogP contribution in [0.5, 0.6) is 0 Å². The number of piperidine rings is 1. The van der Waals surface area contributed by atoms with Crippen molar-refractivity contribution in [3.05, 3.63) is 34.3 Å². The molecule has 1 aromatic carbocycles. The van der Waals surface area contributed by atoms with E-state index in [4.69, 9.17) is 0 Å². The maximum absolute atomic E-state index is 12.6. The van der Waals surface area contributed by atoms with E-state index in [1.807, 2.05) is 29.2 Å². The van der Waals surface area contributed by atoms with Crippen LogP contribution in [0, 0.1) is 0 Å². The van der Waals surface area contributed by atoms with E-state index in [1.54, 1.807) is 0 Å². The van der Waals surface area contributed by atoms with Crippen LogP contribution in [0.3, 0.4) is 0 Å². The highest BCUT2D eigenvalue weighted by Crippen LogP contribution is 2.19. The summed E-state index contributed by atoms with van der Waals surface area (Å²) in [6.07, 6.45) is 1.94. The van der Waals surface area contributed by atoms with Crippen LogP contribution >= 0.6 is 15.9 Å². The first-order valence-corrected chi connectivity index (χ1v) is 7.77. The van der Waals surface area contributed by atoms with Crippen molar-refractivity contribution in [1.82, 2.24) is 9.80 Å². The van der Waals surface area contributed by atoms with Gasteiger partial charge in [-0.3, -0.25) is 4.79 Å². The predicted octanol–water partition coefficient (Wildman–Crippen LogP) is 1.98.